The quantitative estimate of drug-likeness (QED) is 0.818. The van der Waals surface area contributed by atoms with E-state index in [1.807, 2.05) is 6.92 Å². The van der Waals surface area contributed by atoms with Gasteiger partial charge in [0, 0.05) is 24.0 Å². The Morgan fingerprint density at radius 2 is 1.95 bits per heavy atom. The monoisotopic (exact) mass is 304 g/mol. The minimum absolute atomic E-state index is 0.469. The van der Waals surface area contributed by atoms with E-state index < -0.39 is 11.1 Å². The summed E-state index contributed by atoms with van der Waals surface area (Å²) in [5.41, 5.74) is 0.448. The van der Waals surface area contributed by atoms with Gasteiger partial charge < -0.3 is 4.57 Å². The van der Waals surface area contributed by atoms with Crippen molar-refractivity contribution in [1.82, 2.24) is 9.13 Å². The van der Waals surface area contributed by atoms with Crippen LogP contribution in [0.15, 0.2) is 40.2 Å². The Kier molecular flexibility index (Phi) is 3.72. The summed E-state index contributed by atoms with van der Waals surface area (Å²) in [5.74, 6) is 0.533. The zero-order valence-corrected chi connectivity index (χ0v) is 12.6. The van der Waals surface area contributed by atoms with E-state index in [9.17, 15) is 9.59 Å². The molecule has 0 bridgehead atoms. The summed E-state index contributed by atoms with van der Waals surface area (Å²) in [4.78, 5) is 24.6. The minimum Gasteiger partial charge on any atom is -0.309 e. The van der Waals surface area contributed by atoms with Gasteiger partial charge in [0.15, 0.2) is 0 Å². The number of benzene rings is 1. The normalized spacial score (nSPS) is 15.0. The van der Waals surface area contributed by atoms with Crippen LogP contribution in [0.5, 0.6) is 0 Å². The Balaban J connectivity index is 2.05. The van der Waals surface area contributed by atoms with E-state index in [-0.39, 0.29) is 0 Å². The Bertz CT molecular complexity index is 788. The van der Waals surface area contributed by atoms with Crippen molar-refractivity contribution < 1.29 is 0 Å². The van der Waals surface area contributed by atoms with Gasteiger partial charge in [0.25, 0.3) is 0 Å². The molecule has 4 nitrogen and oxygen atoms in total. The SMILES string of the molecule is Cc1c(Cl)cccc1-n1ccn(CC2CCC2)c(=O)c1=O. The van der Waals surface area contributed by atoms with Gasteiger partial charge in [-0.25, -0.2) is 0 Å². The van der Waals surface area contributed by atoms with Crippen LogP contribution in [0.4, 0.5) is 0 Å². The maximum Gasteiger partial charge on any atom is 0.320 e. The van der Waals surface area contributed by atoms with Gasteiger partial charge in [-0.3, -0.25) is 14.2 Å². The molecule has 0 N–H and O–H groups in total. The molecule has 0 atom stereocenters. The summed E-state index contributed by atoms with van der Waals surface area (Å²) in [5, 5.41) is 0.582. The molecule has 3 rings (SSSR count). The van der Waals surface area contributed by atoms with Crippen molar-refractivity contribution >= 4 is 11.6 Å². The first-order valence-electron chi connectivity index (χ1n) is 7.15. The molecule has 1 aliphatic carbocycles. The molecule has 2 aromatic rings. The summed E-state index contributed by atoms with van der Waals surface area (Å²) >= 11 is 6.08. The fourth-order valence-corrected chi connectivity index (χ4v) is 2.82. The number of rotatable bonds is 3. The maximum absolute atomic E-state index is 12.3. The number of nitrogens with zero attached hydrogens (tertiary/aromatic N) is 2. The third kappa shape index (κ3) is 2.56. The van der Waals surface area contributed by atoms with E-state index in [0.717, 1.165) is 18.4 Å². The zero-order chi connectivity index (χ0) is 15.0. The molecule has 0 aliphatic heterocycles. The van der Waals surface area contributed by atoms with Crippen LogP contribution in [0.1, 0.15) is 24.8 Å². The first kappa shape index (κ1) is 14.1. The first-order valence-corrected chi connectivity index (χ1v) is 7.53. The second kappa shape index (κ2) is 5.53. The number of hydrogen-bond acceptors (Lipinski definition) is 2. The third-order valence-electron chi connectivity index (χ3n) is 4.24. The first-order chi connectivity index (χ1) is 10.1. The molecule has 1 aromatic carbocycles. The van der Waals surface area contributed by atoms with Gasteiger partial charge in [-0.05, 0) is 43.4 Å². The molecule has 110 valence electrons. The van der Waals surface area contributed by atoms with E-state index >= 15 is 0 Å². The summed E-state index contributed by atoms with van der Waals surface area (Å²) in [6.07, 6.45) is 6.85. The van der Waals surface area contributed by atoms with Gasteiger partial charge in [0.2, 0.25) is 0 Å². The predicted octanol–water partition coefficient (Wildman–Crippen LogP) is 2.76. The topological polar surface area (TPSA) is 44.0 Å². The molecule has 1 aromatic heterocycles. The Morgan fingerprint density at radius 1 is 1.19 bits per heavy atom. The lowest BCUT2D eigenvalue weighted by Gasteiger charge is -2.25. The summed E-state index contributed by atoms with van der Waals surface area (Å²) < 4.78 is 2.91. The predicted molar refractivity (Wildman–Crippen MR) is 83.4 cm³/mol. The lowest BCUT2D eigenvalue weighted by molar-refractivity contribution is 0.272. The average Bonchev–Trinajstić information content (AvgIpc) is 2.42. The van der Waals surface area contributed by atoms with E-state index in [0.29, 0.717) is 23.2 Å². The molecular formula is C16H17ClN2O2. The van der Waals surface area contributed by atoms with E-state index in [1.165, 1.54) is 15.6 Å². The van der Waals surface area contributed by atoms with Crippen LogP contribution < -0.4 is 11.1 Å². The van der Waals surface area contributed by atoms with Crippen LogP contribution in [0.25, 0.3) is 5.69 Å². The van der Waals surface area contributed by atoms with Crippen molar-refractivity contribution in [2.24, 2.45) is 5.92 Å². The zero-order valence-electron chi connectivity index (χ0n) is 11.9. The number of aromatic nitrogens is 2. The van der Waals surface area contributed by atoms with Gasteiger partial charge >= 0.3 is 11.1 Å². The maximum atomic E-state index is 12.3. The summed E-state index contributed by atoms with van der Waals surface area (Å²) in [7, 11) is 0. The molecule has 1 aliphatic rings. The molecule has 21 heavy (non-hydrogen) atoms. The highest BCUT2D eigenvalue weighted by molar-refractivity contribution is 6.31. The van der Waals surface area contributed by atoms with Gasteiger partial charge in [0.1, 0.15) is 0 Å². The highest BCUT2D eigenvalue weighted by atomic mass is 35.5. The molecule has 1 fully saturated rings. The van der Waals surface area contributed by atoms with Gasteiger partial charge in [-0.1, -0.05) is 24.1 Å². The molecule has 1 heterocycles. The van der Waals surface area contributed by atoms with E-state index in [4.69, 9.17) is 11.6 Å². The highest BCUT2D eigenvalue weighted by Gasteiger charge is 2.19. The smallest absolute Gasteiger partial charge is 0.309 e. The van der Waals surface area contributed by atoms with Crippen molar-refractivity contribution in [3.63, 3.8) is 0 Å². The summed E-state index contributed by atoms with van der Waals surface area (Å²) in [6.45, 7) is 2.48. The van der Waals surface area contributed by atoms with Crippen LogP contribution in [-0.2, 0) is 6.54 Å². The highest BCUT2D eigenvalue weighted by Crippen LogP contribution is 2.27. The summed E-state index contributed by atoms with van der Waals surface area (Å²) in [6, 6.07) is 5.33. The van der Waals surface area contributed by atoms with Crippen molar-refractivity contribution in [2.75, 3.05) is 0 Å². The van der Waals surface area contributed by atoms with Crippen molar-refractivity contribution in [3.05, 3.63) is 61.9 Å². The standard InChI is InChI=1S/C16H17ClN2O2/c1-11-13(17)6-3-7-14(11)19-9-8-18(15(20)16(19)21)10-12-4-2-5-12/h3,6-9,12H,2,4-5,10H2,1H3. The molecule has 1 saturated carbocycles. The Labute approximate surface area is 127 Å². The second-order valence-electron chi connectivity index (χ2n) is 5.61. The molecular weight excluding hydrogens is 288 g/mol. The lowest BCUT2D eigenvalue weighted by Crippen LogP contribution is -2.41. The van der Waals surface area contributed by atoms with Crippen LogP contribution in [-0.4, -0.2) is 9.13 Å². The van der Waals surface area contributed by atoms with Crippen LogP contribution in [0, 0.1) is 12.8 Å². The van der Waals surface area contributed by atoms with Crippen LogP contribution in [0.2, 0.25) is 5.02 Å². The van der Waals surface area contributed by atoms with Crippen molar-refractivity contribution in [1.29, 1.82) is 0 Å². The molecule has 0 radical (unpaired) electrons. The van der Waals surface area contributed by atoms with Crippen LogP contribution in [0.3, 0.4) is 0 Å². The number of halogens is 1. The average molecular weight is 305 g/mol. The molecule has 0 amide bonds. The number of hydrogen-bond donors (Lipinski definition) is 0. The third-order valence-corrected chi connectivity index (χ3v) is 4.65. The van der Waals surface area contributed by atoms with Gasteiger partial charge in [-0.15, -0.1) is 0 Å². The lowest BCUT2D eigenvalue weighted by atomic mass is 9.85. The largest absolute Gasteiger partial charge is 0.320 e. The van der Waals surface area contributed by atoms with Crippen molar-refractivity contribution in [3.8, 4) is 5.69 Å². The van der Waals surface area contributed by atoms with E-state index in [2.05, 4.69) is 0 Å². The minimum atomic E-state index is -0.526. The second-order valence-corrected chi connectivity index (χ2v) is 6.02. The molecule has 0 spiro atoms. The van der Waals surface area contributed by atoms with E-state index in [1.54, 1.807) is 30.6 Å². The van der Waals surface area contributed by atoms with Gasteiger partial charge in [-0.2, -0.15) is 0 Å². The molecule has 5 heteroatoms. The fraction of sp³-hybridized carbons (Fsp3) is 0.375. The van der Waals surface area contributed by atoms with Gasteiger partial charge in [0.05, 0.1) is 5.69 Å². The Hall–Kier alpha value is -1.81. The molecule has 0 saturated heterocycles. The van der Waals surface area contributed by atoms with Crippen LogP contribution >= 0.6 is 11.6 Å². The fourth-order valence-electron chi connectivity index (χ4n) is 2.65. The van der Waals surface area contributed by atoms with Crippen molar-refractivity contribution in [2.45, 2.75) is 32.7 Å². The molecule has 0 unspecified atom stereocenters. The Morgan fingerprint density at radius 3 is 2.62 bits per heavy atom.